The van der Waals surface area contributed by atoms with E-state index in [0.717, 1.165) is 0 Å². The molecule has 0 saturated heterocycles. The second-order valence-corrected chi connectivity index (χ2v) is 4.84. The van der Waals surface area contributed by atoms with Crippen molar-refractivity contribution >= 4 is 15.8 Å². The molecule has 0 fully saturated rings. The van der Waals surface area contributed by atoms with Gasteiger partial charge < -0.3 is 4.74 Å². The number of sulfone groups is 1. The largest absolute Gasteiger partial charge is 0.465 e. The van der Waals surface area contributed by atoms with E-state index in [2.05, 4.69) is 4.74 Å². The highest BCUT2D eigenvalue weighted by atomic mass is 32.2. The Hall–Kier alpha value is -1.09. The van der Waals surface area contributed by atoms with Crippen LogP contribution < -0.4 is 0 Å². The van der Waals surface area contributed by atoms with Crippen molar-refractivity contribution in [1.29, 1.82) is 5.26 Å². The Balaban J connectivity index is 3.96. The lowest BCUT2D eigenvalue weighted by Gasteiger charge is -2.02. The molecule has 0 aromatic heterocycles. The molecule has 0 radical (unpaired) electrons. The SMILES string of the molecule is CCOC(=O)CS(=O)(=O)CCCC#N. The van der Waals surface area contributed by atoms with Gasteiger partial charge in [-0.1, -0.05) is 0 Å². The molecule has 0 unspecified atom stereocenters. The average Bonchev–Trinajstić information content (AvgIpc) is 2.03. The molecule has 0 aromatic rings. The number of esters is 1. The number of nitrogens with zero attached hydrogens (tertiary/aromatic N) is 1. The molecule has 0 aliphatic carbocycles. The topological polar surface area (TPSA) is 84.2 Å². The van der Waals surface area contributed by atoms with Crippen LogP contribution in [0.5, 0.6) is 0 Å². The van der Waals surface area contributed by atoms with E-state index in [1.165, 1.54) is 0 Å². The van der Waals surface area contributed by atoms with Crippen molar-refractivity contribution in [2.75, 3.05) is 18.1 Å². The zero-order valence-electron chi connectivity index (χ0n) is 8.02. The van der Waals surface area contributed by atoms with Gasteiger partial charge in [-0.15, -0.1) is 0 Å². The molecule has 5 nitrogen and oxygen atoms in total. The summed E-state index contributed by atoms with van der Waals surface area (Å²) >= 11 is 0. The predicted molar refractivity (Wildman–Crippen MR) is 50.1 cm³/mol. The summed E-state index contributed by atoms with van der Waals surface area (Å²) in [5, 5.41) is 8.19. The third kappa shape index (κ3) is 6.43. The van der Waals surface area contributed by atoms with Gasteiger partial charge in [0.1, 0.15) is 5.75 Å². The Morgan fingerprint density at radius 1 is 1.50 bits per heavy atom. The van der Waals surface area contributed by atoms with Crippen molar-refractivity contribution in [2.24, 2.45) is 0 Å². The summed E-state index contributed by atoms with van der Waals surface area (Å²) in [6, 6.07) is 1.84. The first kappa shape index (κ1) is 12.9. The fourth-order valence-electron chi connectivity index (χ4n) is 0.826. The number of hydrogen-bond acceptors (Lipinski definition) is 5. The van der Waals surface area contributed by atoms with E-state index >= 15 is 0 Å². The lowest BCUT2D eigenvalue weighted by atomic mass is 10.4. The maximum Gasteiger partial charge on any atom is 0.321 e. The number of hydrogen-bond donors (Lipinski definition) is 0. The van der Waals surface area contributed by atoms with Crippen molar-refractivity contribution in [3.63, 3.8) is 0 Å². The standard InChI is InChI=1S/C8H13NO4S/c1-2-13-8(10)7-14(11,12)6-4-3-5-9/h2-4,6-7H2,1H3. The van der Waals surface area contributed by atoms with Gasteiger partial charge >= 0.3 is 5.97 Å². The van der Waals surface area contributed by atoms with Crippen LogP contribution in [0.4, 0.5) is 0 Å². The van der Waals surface area contributed by atoms with Gasteiger partial charge in [0, 0.05) is 6.42 Å². The molecule has 0 bridgehead atoms. The molecule has 0 aliphatic rings. The van der Waals surface area contributed by atoms with Crippen LogP contribution in [-0.2, 0) is 19.4 Å². The number of carbonyl (C=O) groups is 1. The number of ether oxygens (including phenoxy) is 1. The fraction of sp³-hybridized carbons (Fsp3) is 0.750. The second-order valence-electron chi connectivity index (χ2n) is 2.66. The van der Waals surface area contributed by atoms with Gasteiger partial charge in [0.05, 0.1) is 18.4 Å². The average molecular weight is 219 g/mol. The molecule has 0 aliphatic heterocycles. The second kappa shape index (κ2) is 6.38. The highest BCUT2D eigenvalue weighted by Crippen LogP contribution is 1.98. The van der Waals surface area contributed by atoms with Crippen LogP contribution in [0.3, 0.4) is 0 Å². The van der Waals surface area contributed by atoms with Crippen molar-refractivity contribution in [2.45, 2.75) is 19.8 Å². The maximum atomic E-state index is 11.2. The fourth-order valence-corrected chi connectivity index (χ4v) is 2.00. The minimum absolute atomic E-state index is 0.140. The van der Waals surface area contributed by atoms with Crippen LogP contribution in [0.2, 0.25) is 0 Å². The Morgan fingerprint density at radius 3 is 2.64 bits per heavy atom. The molecular formula is C8H13NO4S. The Bertz CT molecular complexity index is 315. The molecule has 6 heteroatoms. The summed E-state index contributed by atoms with van der Waals surface area (Å²) in [7, 11) is -3.40. The van der Waals surface area contributed by atoms with Gasteiger partial charge in [-0.25, -0.2) is 8.42 Å². The summed E-state index contributed by atoms with van der Waals surface area (Å²) in [4.78, 5) is 10.8. The van der Waals surface area contributed by atoms with Crippen molar-refractivity contribution in [3.05, 3.63) is 0 Å². The third-order valence-corrected chi connectivity index (χ3v) is 2.97. The van der Waals surface area contributed by atoms with Crippen LogP contribution in [0.1, 0.15) is 19.8 Å². The molecule has 0 spiro atoms. The van der Waals surface area contributed by atoms with Crippen molar-refractivity contribution in [1.82, 2.24) is 0 Å². The molecule has 0 rings (SSSR count). The van der Waals surface area contributed by atoms with Gasteiger partial charge in [0.25, 0.3) is 0 Å². The van der Waals surface area contributed by atoms with Crippen LogP contribution >= 0.6 is 0 Å². The normalized spacial score (nSPS) is 10.6. The van der Waals surface area contributed by atoms with Crippen molar-refractivity contribution in [3.8, 4) is 6.07 Å². The summed E-state index contributed by atoms with van der Waals surface area (Å²) in [6.07, 6.45) is 0.445. The molecule has 80 valence electrons. The molecule has 0 saturated carbocycles. The Morgan fingerprint density at radius 2 is 2.14 bits per heavy atom. The van der Waals surface area contributed by atoms with Gasteiger partial charge in [-0.2, -0.15) is 5.26 Å². The van der Waals surface area contributed by atoms with Crippen LogP contribution in [0.15, 0.2) is 0 Å². The van der Waals surface area contributed by atoms with E-state index in [-0.39, 0.29) is 25.2 Å². The van der Waals surface area contributed by atoms with Crippen molar-refractivity contribution < 1.29 is 17.9 Å². The van der Waals surface area contributed by atoms with E-state index in [1.54, 1.807) is 6.92 Å². The first-order valence-corrected chi connectivity index (χ1v) is 6.07. The minimum Gasteiger partial charge on any atom is -0.465 e. The smallest absolute Gasteiger partial charge is 0.321 e. The Labute approximate surface area is 83.6 Å². The van der Waals surface area contributed by atoms with E-state index in [4.69, 9.17) is 5.26 Å². The zero-order valence-corrected chi connectivity index (χ0v) is 8.84. The van der Waals surface area contributed by atoms with E-state index in [1.807, 2.05) is 6.07 Å². The van der Waals surface area contributed by atoms with Crippen LogP contribution in [0.25, 0.3) is 0 Å². The van der Waals surface area contributed by atoms with E-state index < -0.39 is 21.6 Å². The highest BCUT2D eigenvalue weighted by Gasteiger charge is 2.16. The monoisotopic (exact) mass is 219 g/mol. The highest BCUT2D eigenvalue weighted by molar-refractivity contribution is 7.92. The van der Waals surface area contributed by atoms with E-state index in [9.17, 15) is 13.2 Å². The van der Waals surface area contributed by atoms with Crippen LogP contribution in [-0.4, -0.2) is 32.5 Å². The molecular weight excluding hydrogens is 206 g/mol. The quantitative estimate of drug-likeness (QED) is 0.473. The summed E-state index contributed by atoms with van der Waals surface area (Å²) < 4.78 is 26.9. The lowest BCUT2D eigenvalue weighted by Crippen LogP contribution is -2.20. The van der Waals surface area contributed by atoms with Gasteiger partial charge in [-0.3, -0.25) is 4.79 Å². The first-order valence-electron chi connectivity index (χ1n) is 4.25. The lowest BCUT2D eigenvalue weighted by molar-refractivity contribution is -0.139. The van der Waals surface area contributed by atoms with Gasteiger partial charge in [-0.05, 0) is 13.3 Å². The molecule has 14 heavy (non-hydrogen) atoms. The zero-order chi connectivity index (χ0) is 11.0. The van der Waals surface area contributed by atoms with E-state index in [0.29, 0.717) is 0 Å². The number of unbranched alkanes of at least 4 members (excludes halogenated alkanes) is 1. The summed E-state index contributed by atoms with van der Waals surface area (Å²) in [6.45, 7) is 1.78. The van der Waals surface area contributed by atoms with Gasteiger partial charge in [0.2, 0.25) is 0 Å². The number of carbonyl (C=O) groups excluding carboxylic acids is 1. The first-order chi connectivity index (χ1) is 6.52. The maximum absolute atomic E-state index is 11.2. The minimum atomic E-state index is -3.40. The molecule has 0 atom stereocenters. The molecule has 0 amide bonds. The van der Waals surface area contributed by atoms with Gasteiger partial charge in [0.15, 0.2) is 9.84 Å². The predicted octanol–water partition coefficient (Wildman–Crippen LogP) is 0.268. The number of rotatable bonds is 6. The molecule has 0 heterocycles. The summed E-state index contributed by atoms with van der Waals surface area (Å²) in [5.41, 5.74) is 0. The molecule has 0 aromatic carbocycles. The Kier molecular flexibility index (Phi) is 5.88. The van der Waals surface area contributed by atoms with Crippen LogP contribution in [0, 0.1) is 11.3 Å². The number of nitriles is 1. The third-order valence-electron chi connectivity index (χ3n) is 1.39. The summed E-state index contributed by atoms with van der Waals surface area (Å²) in [5.74, 6) is -1.46. The molecule has 0 N–H and O–H groups in total.